The van der Waals surface area contributed by atoms with E-state index in [1.807, 2.05) is 26.8 Å². The molecule has 0 spiro atoms. The van der Waals surface area contributed by atoms with Gasteiger partial charge in [-0.3, -0.25) is 4.79 Å². The highest BCUT2D eigenvalue weighted by atomic mass is 35.5. The van der Waals surface area contributed by atoms with Gasteiger partial charge in [0.2, 0.25) is 5.91 Å². The standard InChI is InChI=1S/C25H28Cl2FN5O3/c1-25(2,3)21-14-22(33(31-21)20-8-6-5-7-17(20)26)30-23(34)15-32(11-12-36-4)24(35)29-16-9-10-19(28)18(27)13-16/h5-10,13-14H,11-12,15H2,1-4H3,(H,29,35)(H,30,34). The van der Waals surface area contributed by atoms with Gasteiger partial charge in [0.25, 0.3) is 0 Å². The number of methoxy groups -OCH3 is 1. The van der Waals surface area contributed by atoms with Gasteiger partial charge in [-0.1, -0.05) is 56.1 Å². The number of nitrogens with one attached hydrogen (secondary N) is 2. The lowest BCUT2D eigenvalue weighted by atomic mass is 9.92. The van der Waals surface area contributed by atoms with Crippen molar-refractivity contribution in [3.63, 3.8) is 0 Å². The summed E-state index contributed by atoms with van der Waals surface area (Å²) in [7, 11) is 1.49. The van der Waals surface area contributed by atoms with Crippen LogP contribution in [0.25, 0.3) is 5.69 Å². The van der Waals surface area contributed by atoms with Gasteiger partial charge >= 0.3 is 6.03 Å². The molecule has 2 aromatic carbocycles. The van der Waals surface area contributed by atoms with Crippen LogP contribution in [0.2, 0.25) is 10.0 Å². The Morgan fingerprint density at radius 3 is 2.44 bits per heavy atom. The number of carbonyl (C=O) groups is 2. The van der Waals surface area contributed by atoms with Crippen LogP contribution >= 0.6 is 23.2 Å². The number of ether oxygens (including phenoxy) is 1. The topological polar surface area (TPSA) is 88.5 Å². The van der Waals surface area contributed by atoms with E-state index in [0.29, 0.717) is 22.2 Å². The molecule has 0 aliphatic carbocycles. The number of rotatable bonds is 8. The molecule has 0 saturated heterocycles. The summed E-state index contributed by atoms with van der Waals surface area (Å²) in [6.45, 7) is 6.10. The van der Waals surface area contributed by atoms with E-state index in [0.717, 1.165) is 11.8 Å². The van der Waals surface area contributed by atoms with Crippen molar-refractivity contribution in [2.75, 3.05) is 37.4 Å². The minimum absolute atomic E-state index is 0.128. The smallest absolute Gasteiger partial charge is 0.322 e. The Bertz CT molecular complexity index is 1240. The van der Waals surface area contributed by atoms with Crippen LogP contribution in [0.1, 0.15) is 26.5 Å². The first-order chi connectivity index (χ1) is 17.0. The molecule has 2 N–H and O–H groups in total. The quantitative estimate of drug-likeness (QED) is 0.385. The van der Waals surface area contributed by atoms with Gasteiger partial charge in [0, 0.05) is 30.8 Å². The third kappa shape index (κ3) is 6.96. The van der Waals surface area contributed by atoms with E-state index in [4.69, 9.17) is 27.9 Å². The van der Waals surface area contributed by atoms with E-state index in [1.165, 1.54) is 24.1 Å². The molecule has 3 aromatic rings. The molecule has 11 heteroatoms. The molecule has 0 atom stereocenters. The summed E-state index contributed by atoms with van der Waals surface area (Å²) in [6, 6.07) is 12.2. The summed E-state index contributed by atoms with van der Waals surface area (Å²) in [5.41, 5.74) is 1.36. The predicted molar refractivity (Wildman–Crippen MR) is 140 cm³/mol. The molecule has 3 rings (SSSR count). The molecule has 0 fully saturated rings. The molecule has 36 heavy (non-hydrogen) atoms. The Morgan fingerprint density at radius 2 is 1.81 bits per heavy atom. The van der Waals surface area contributed by atoms with Gasteiger partial charge in [-0.25, -0.2) is 13.9 Å². The Hall–Kier alpha value is -3.14. The fourth-order valence-electron chi connectivity index (χ4n) is 3.23. The van der Waals surface area contributed by atoms with Crippen LogP contribution in [0.5, 0.6) is 0 Å². The number of anilines is 2. The zero-order chi connectivity index (χ0) is 26.5. The van der Waals surface area contributed by atoms with E-state index in [1.54, 1.807) is 28.9 Å². The number of para-hydroxylation sites is 1. The first-order valence-electron chi connectivity index (χ1n) is 11.1. The molecule has 8 nitrogen and oxygen atoms in total. The second-order valence-electron chi connectivity index (χ2n) is 9.05. The lowest BCUT2D eigenvalue weighted by Gasteiger charge is -2.22. The molecule has 0 radical (unpaired) electrons. The summed E-state index contributed by atoms with van der Waals surface area (Å²) in [6.07, 6.45) is 0. The van der Waals surface area contributed by atoms with Crippen molar-refractivity contribution in [2.24, 2.45) is 0 Å². The number of carbonyl (C=O) groups excluding carboxylic acids is 2. The van der Waals surface area contributed by atoms with Gasteiger partial charge in [0.1, 0.15) is 18.2 Å². The highest BCUT2D eigenvalue weighted by Crippen LogP contribution is 2.29. The van der Waals surface area contributed by atoms with Gasteiger partial charge in [-0.2, -0.15) is 5.10 Å². The minimum Gasteiger partial charge on any atom is -0.383 e. The van der Waals surface area contributed by atoms with Crippen LogP contribution < -0.4 is 10.6 Å². The number of urea groups is 1. The maximum Gasteiger partial charge on any atom is 0.322 e. The highest BCUT2D eigenvalue weighted by Gasteiger charge is 2.24. The van der Waals surface area contributed by atoms with Crippen LogP contribution in [0.15, 0.2) is 48.5 Å². The van der Waals surface area contributed by atoms with Crippen molar-refractivity contribution in [2.45, 2.75) is 26.2 Å². The van der Waals surface area contributed by atoms with Crippen LogP contribution in [0.3, 0.4) is 0 Å². The van der Waals surface area contributed by atoms with Crippen molar-refractivity contribution in [1.29, 1.82) is 0 Å². The third-order valence-electron chi connectivity index (χ3n) is 5.18. The van der Waals surface area contributed by atoms with Crippen molar-refractivity contribution >= 4 is 46.6 Å². The third-order valence-corrected chi connectivity index (χ3v) is 5.79. The van der Waals surface area contributed by atoms with E-state index in [9.17, 15) is 14.0 Å². The van der Waals surface area contributed by atoms with E-state index in [-0.39, 0.29) is 30.1 Å². The maximum absolute atomic E-state index is 13.5. The largest absolute Gasteiger partial charge is 0.383 e. The number of nitrogens with zero attached hydrogens (tertiary/aromatic N) is 3. The van der Waals surface area contributed by atoms with Crippen LogP contribution in [-0.4, -0.2) is 53.4 Å². The number of halogens is 3. The average molecular weight is 536 g/mol. The molecule has 0 unspecified atom stereocenters. The van der Waals surface area contributed by atoms with Crippen LogP contribution in [0.4, 0.5) is 20.7 Å². The Morgan fingerprint density at radius 1 is 1.08 bits per heavy atom. The molecule has 0 saturated carbocycles. The summed E-state index contributed by atoms with van der Waals surface area (Å²) >= 11 is 12.2. The highest BCUT2D eigenvalue weighted by molar-refractivity contribution is 6.32. The molecule has 1 aromatic heterocycles. The van der Waals surface area contributed by atoms with E-state index in [2.05, 4.69) is 15.7 Å². The lowest BCUT2D eigenvalue weighted by Crippen LogP contribution is -2.42. The van der Waals surface area contributed by atoms with E-state index >= 15 is 0 Å². The van der Waals surface area contributed by atoms with E-state index < -0.39 is 17.8 Å². The molecular weight excluding hydrogens is 508 g/mol. The minimum atomic E-state index is -0.602. The van der Waals surface area contributed by atoms with Gasteiger partial charge < -0.3 is 20.3 Å². The summed E-state index contributed by atoms with van der Waals surface area (Å²) in [5, 5.41) is 10.5. The molecular formula is C25H28Cl2FN5O3. The number of hydrogen-bond acceptors (Lipinski definition) is 4. The van der Waals surface area contributed by atoms with Gasteiger partial charge in [0.05, 0.1) is 28.0 Å². The van der Waals surface area contributed by atoms with Crippen LogP contribution in [-0.2, 0) is 14.9 Å². The lowest BCUT2D eigenvalue weighted by molar-refractivity contribution is -0.116. The Balaban J connectivity index is 1.82. The van der Waals surface area contributed by atoms with Crippen molar-refractivity contribution in [3.05, 3.63) is 70.1 Å². The summed E-state index contributed by atoms with van der Waals surface area (Å²) in [5.74, 6) is -0.641. The maximum atomic E-state index is 13.5. The van der Waals surface area contributed by atoms with Gasteiger partial charge in [-0.15, -0.1) is 0 Å². The fourth-order valence-corrected chi connectivity index (χ4v) is 3.63. The molecule has 192 valence electrons. The number of aromatic nitrogens is 2. The first kappa shape index (κ1) is 27.4. The van der Waals surface area contributed by atoms with Crippen molar-refractivity contribution in [3.8, 4) is 5.69 Å². The molecule has 0 aliphatic rings. The second kappa shape index (κ2) is 11.7. The second-order valence-corrected chi connectivity index (χ2v) is 9.86. The predicted octanol–water partition coefficient (Wildman–Crippen LogP) is 5.73. The van der Waals surface area contributed by atoms with Crippen molar-refractivity contribution in [1.82, 2.24) is 14.7 Å². The average Bonchev–Trinajstić information content (AvgIpc) is 3.23. The number of amides is 3. The van der Waals surface area contributed by atoms with Crippen molar-refractivity contribution < 1.29 is 18.7 Å². The number of hydrogen-bond donors (Lipinski definition) is 2. The monoisotopic (exact) mass is 535 g/mol. The Kier molecular flexibility index (Phi) is 8.94. The van der Waals surface area contributed by atoms with Gasteiger partial charge in [-0.05, 0) is 30.3 Å². The van der Waals surface area contributed by atoms with Crippen LogP contribution in [0, 0.1) is 5.82 Å². The Labute approximate surface area is 219 Å². The number of benzene rings is 2. The molecule has 3 amide bonds. The zero-order valence-electron chi connectivity index (χ0n) is 20.4. The SMILES string of the molecule is COCCN(CC(=O)Nc1cc(C(C)(C)C)nn1-c1ccccc1Cl)C(=O)Nc1ccc(F)c(Cl)c1. The molecule has 0 bridgehead atoms. The fraction of sp³-hybridized carbons (Fsp3) is 0.320. The normalized spacial score (nSPS) is 11.3. The zero-order valence-corrected chi connectivity index (χ0v) is 22.0. The molecule has 0 aliphatic heterocycles. The summed E-state index contributed by atoms with van der Waals surface area (Å²) in [4.78, 5) is 27.2. The first-order valence-corrected chi connectivity index (χ1v) is 11.9. The summed E-state index contributed by atoms with van der Waals surface area (Å²) < 4.78 is 20.1. The van der Waals surface area contributed by atoms with Gasteiger partial charge in [0.15, 0.2) is 0 Å². The molecule has 1 heterocycles.